The van der Waals surface area contributed by atoms with Crippen LogP contribution in [0, 0.1) is 6.92 Å². The molecule has 6 nitrogen and oxygen atoms in total. The topological polar surface area (TPSA) is 68.9 Å². The van der Waals surface area contributed by atoms with E-state index in [1.54, 1.807) is 10.7 Å². The van der Waals surface area contributed by atoms with Crippen LogP contribution in [0.5, 0.6) is 0 Å². The molecule has 0 N–H and O–H groups in total. The number of benzene rings is 1. The van der Waals surface area contributed by atoms with Crippen LogP contribution in [-0.4, -0.2) is 29.8 Å². The van der Waals surface area contributed by atoms with E-state index in [4.69, 9.17) is 16.7 Å². The fraction of sp³-hybridized carbons (Fsp3) is 0.0556. The fourth-order valence-corrected chi connectivity index (χ4v) is 3.79. The first kappa shape index (κ1) is 15.4. The van der Waals surface area contributed by atoms with Crippen molar-refractivity contribution in [1.82, 2.24) is 29.8 Å². The van der Waals surface area contributed by atoms with Crippen molar-refractivity contribution in [2.75, 3.05) is 0 Å². The molecule has 0 aliphatic heterocycles. The molecule has 0 aliphatic carbocycles. The second-order valence-electron chi connectivity index (χ2n) is 5.80. The van der Waals surface area contributed by atoms with E-state index in [9.17, 15) is 0 Å². The Balaban J connectivity index is 1.68. The number of hydrogen-bond acceptors (Lipinski definition) is 6. The van der Waals surface area contributed by atoms with Crippen LogP contribution in [-0.2, 0) is 0 Å². The van der Waals surface area contributed by atoms with Gasteiger partial charge in [0.05, 0.1) is 5.69 Å². The Morgan fingerprint density at radius 1 is 1.08 bits per heavy atom. The third kappa shape index (κ3) is 2.44. The van der Waals surface area contributed by atoms with Crippen LogP contribution in [0.4, 0.5) is 0 Å². The van der Waals surface area contributed by atoms with Gasteiger partial charge in [0.25, 0.3) is 0 Å². The van der Waals surface area contributed by atoms with E-state index in [1.807, 2.05) is 49.4 Å². The molecular formula is C18H11ClN6S. The summed E-state index contributed by atoms with van der Waals surface area (Å²) in [6.45, 7) is 1.94. The Kier molecular flexibility index (Phi) is 3.44. The summed E-state index contributed by atoms with van der Waals surface area (Å²) < 4.78 is 1.76. The minimum absolute atomic E-state index is 0.673. The van der Waals surface area contributed by atoms with Crippen molar-refractivity contribution >= 4 is 38.9 Å². The highest BCUT2D eigenvalue weighted by Gasteiger charge is 2.17. The van der Waals surface area contributed by atoms with E-state index in [0.29, 0.717) is 10.8 Å². The smallest absolute Gasteiger partial charge is 0.235 e. The van der Waals surface area contributed by atoms with E-state index in [1.165, 1.54) is 11.3 Å². The second-order valence-corrected chi connectivity index (χ2v) is 7.20. The van der Waals surface area contributed by atoms with Gasteiger partial charge < -0.3 is 0 Å². The molecule has 4 heterocycles. The summed E-state index contributed by atoms with van der Waals surface area (Å²) in [6, 6.07) is 13.5. The molecule has 126 valence electrons. The predicted molar refractivity (Wildman–Crippen MR) is 102 cm³/mol. The number of fused-ring (bicyclic) bond motifs is 2. The van der Waals surface area contributed by atoms with Gasteiger partial charge in [0.1, 0.15) is 5.01 Å². The minimum atomic E-state index is 0.673. The number of halogens is 1. The SMILES string of the molecule is Cc1nc2ncccc2cc1-c1nnc2sc(-c3ccc(Cl)cc3)nn12. The Bertz CT molecular complexity index is 1260. The molecule has 5 rings (SSSR count). The molecule has 0 saturated carbocycles. The molecular weight excluding hydrogens is 368 g/mol. The lowest BCUT2D eigenvalue weighted by Gasteiger charge is -2.04. The molecule has 8 heteroatoms. The quantitative estimate of drug-likeness (QED) is 0.454. The number of nitrogens with zero attached hydrogens (tertiary/aromatic N) is 6. The molecule has 0 saturated heterocycles. The Morgan fingerprint density at radius 2 is 1.92 bits per heavy atom. The number of rotatable bonds is 2. The average Bonchev–Trinajstić information content (AvgIpc) is 3.23. The Morgan fingerprint density at radius 3 is 2.77 bits per heavy atom. The van der Waals surface area contributed by atoms with Gasteiger partial charge in [-0.2, -0.15) is 9.61 Å². The van der Waals surface area contributed by atoms with Gasteiger partial charge in [-0.1, -0.05) is 35.1 Å². The molecule has 0 unspecified atom stereocenters. The highest BCUT2D eigenvalue weighted by Crippen LogP contribution is 2.30. The average molecular weight is 379 g/mol. The van der Waals surface area contributed by atoms with Crippen molar-refractivity contribution in [2.24, 2.45) is 0 Å². The predicted octanol–water partition coefficient (Wildman–Crippen LogP) is 4.42. The number of aryl methyl sites for hydroxylation is 1. The Hall–Kier alpha value is -2.90. The summed E-state index contributed by atoms with van der Waals surface area (Å²) in [7, 11) is 0. The fourth-order valence-electron chi connectivity index (χ4n) is 2.81. The van der Waals surface area contributed by atoms with Crippen molar-refractivity contribution in [1.29, 1.82) is 0 Å². The molecule has 0 fully saturated rings. The molecule has 0 atom stereocenters. The Labute approximate surface area is 157 Å². The largest absolute Gasteiger partial charge is 0.237 e. The summed E-state index contributed by atoms with van der Waals surface area (Å²) in [5, 5.41) is 15.8. The minimum Gasteiger partial charge on any atom is -0.237 e. The van der Waals surface area contributed by atoms with Gasteiger partial charge in [-0.25, -0.2) is 9.97 Å². The summed E-state index contributed by atoms with van der Waals surface area (Å²) >= 11 is 7.45. The molecule has 0 spiro atoms. The third-order valence-corrected chi connectivity index (χ3v) is 5.30. The van der Waals surface area contributed by atoms with Gasteiger partial charge in [-0.15, -0.1) is 10.2 Å². The number of hydrogen-bond donors (Lipinski definition) is 0. The number of aromatic nitrogens is 6. The summed E-state index contributed by atoms with van der Waals surface area (Å²) in [6.07, 6.45) is 1.74. The first-order chi connectivity index (χ1) is 12.7. The van der Waals surface area contributed by atoms with E-state index in [2.05, 4.69) is 20.2 Å². The zero-order valence-electron chi connectivity index (χ0n) is 13.6. The van der Waals surface area contributed by atoms with E-state index in [0.717, 1.165) is 37.8 Å². The van der Waals surface area contributed by atoms with Crippen molar-refractivity contribution in [3.63, 3.8) is 0 Å². The van der Waals surface area contributed by atoms with Gasteiger partial charge in [-0.3, -0.25) is 0 Å². The van der Waals surface area contributed by atoms with Crippen molar-refractivity contribution in [2.45, 2.75) is 6.92 Å². The lowest BCUT2D eigenvalue weighted by Crippen LogP contribution is -1.96. The highest BCUT2D eigenvalue weighted by atomic mass is 35.5. The second kappa shape index (κ2) is 5.82. The lowest BCUT2D eigenvalue weighted by atomic mass is 10.1. The monoisotopic (exact) mass is 378 g/mol. The molecule has 0 aliphatic rings. The lowest BCUT2D eigenvalue weighted by molar-refractivity contribution is 0.966. The zero-order chi connectivity index (χ0) is 17.7. The molecule has 4 aromatic heterocycles. The van der Waals surface area contributed by atoms with Crippen LogP contribution in [0.25, 0.3) is 38.0 Å². The molecule has 5 aromatic rings. The van der Waals surface area contributed by atoms with E-state index in [-0.39, 0.29) is 0 Å². The third-order valence-electron chi connectivity index (χ3n) is 4.10. The number of pyridine rings is 2. The van der Waals surface area contributed by atoms with Gasteiger partial charge in [-0.05, 0) is 37.3 Å². The standard InChI is InChI=1S/C18H11ClN6S/c1-10-14(9-12-3-2-8-20-15(12)21-10)16-22-23-18-25(16)24-17(26-18)11-4-6-13(19)7-5-11/h2-9H,1H3. The van der Waals surface area contributed by atoms with Crippen molar-refractivity contribution in [3.05, 3.63) is 59.4 Å². The maximum Gasteiger partial charge on any atom is 0.235 e. The zero-order valence-corrected chi connectivity index (χ0v) is 15.2. The van der Waals surface area contributed by atoms with Gasteiger partial charge in [0, 0.05) is 27.7 Å². The van der Waals surface area contributed by atoms with E-state index >= 15 is 0 Å². The van der Waals surface area contributed by atoms with Crippen LogP contribution >= 0.6 is 22.9 Å². The molecule has 26 heavy (non-hydrogen) atoms. The van der Waals surface area contributed by atoms with Crippen molar-refractivity contribution < 1.29 is 0 Å². The first-order valence-electron chi connectivity index (χ1n) is 7.90. The van der Waals surface area contributed by atoms with Gasteiger partial charge in [0.15, 0.2) is 11.5 Å². The summed E-state index contributed by atoms with van der Waals surface area (Å²) in [5.41, 5.74) is 3.44. The van der Waals surface area contributed by atoms with Crippen LogP contribution < -0.4 is 0 Å². The summed E-state index contributed by atoms with van der Waals surface area (Å²) in [5.74, 6) is 0.673. The maximum absolute atomic E-state index is 5.97. The highest BCUT2D eigenvalue weighted by molar-refractivity contribution is 7.19. The van der Waals surface area contributed by atoms with Gasteiger partial charge in [0.2, 0.25) is 4.96 Å². The van der Waals surface area contributed by atoms with Crippen LogP contribution in [0.15, 0.2) is 48.7 Å². The maximum atomic E-state index is 5.97. The molecule has 0 amide bonds. The normalized spacial score (nSPS) is 11.5. The van der Waals surface area contributed by atoms with Crippen LogP contribution in [0.2, 0.25) is 5.02 Å². The van der Waals surface area contributed by atoms with E-state index < -0.39 is 0 Å². The van der Waals surface area contributed by atoms with Crippen LogP contribution in [0.1, 0.15) is 5.69 Å². The van der Waals surface area contributed by atoms with Crippen molar-refractivity contribution in [3.8, 4) is 22.0 Å². The van der Waals surface area contributed by atoms with Gasteiger partial charge >= 0.3 is 0 Å². The summed E-state index contributed by atoms with van der Waals surface area (Å²) in [4.78, 5) is 9.61. The molecule has 0 radical (unpaired) electrons. The first-order valence-corrected chi connectivity index (χ1v) is 9.09. The molecule has 1 aromatic carbocycles. The molecule has 0 bridgehead atoms. The van der Waals surface area contributed by atoms with Crippen LogP contribution in [0.3, 0.4) is 0 Å².